The SMILES string of the molecule is COc1cncc(CN(CCC#N)C(=O)S)c1. The summed E-state index contributed by atoms with van der Waals surface area (Å²) in [5.41, 5.74) is 0.838. The van der Waals surface area contributed by atoms with Gasteiger partial charge in [-0.05, 0) is 11.6 Å². The highest BCUT2D eigenvalue weighted by molar-refractivity contribution is 7.96. The summed E-state index contributed by atoms with van der Waals surface area (Å²) in [6.45, 7) is 0.726. The number of nitriles is 1. The van der Waals surface area contributed by atoms with Crippen molar-refractivity contribution in [3.8, 4) is 11.8 Å². The molecule has 0 bridgehead atoms. The summed E-state index contributed by atoms with van der Waals surface area (Å²) in [6, 6.07) is 3.79. The first kappa shape index (κ1) is 13.3. The van der Waals surface area contributed by atoms with Crippen molar-refractivity contribution in [1.29, 1.82) is 5.26 Å². The lowest BCUT2D eigenvalue weighted by atomic mass is 10.2. The number of methoxy groups -OCH3 is 1. The standard InChI is InChI=1S/C11H13N3O2S/c1-16-10-5-9(6-13-7-10)8-14(11(15)17)4-2-3-12/h5-7H,2,4,8H2,1H3,(H,15,17). The number of nitrogens with zero attached hydrogens (tertiary/aromatic N) is 3. The van der Waals surface area contributed by atoms with Crippen molar-refractivity contribution in [3.63, 3.8) is 0 Å². The van der Waals surface area contributed by atoms with E-state index >= 15 is 0 Å². The molecule has 0 N–H and O–H groups in total. The third kappa shape index (κ3) is 4.33. The molecular weight excluding hydrogens is 238 g/mol. The maximum Gasteiger partial charge on any atom is 0.278 e. The summed E-state index contributed by atoms with van der Waals surface area (Å²) in [7, 11) is 1.55. The third-order valence-corrected chi connectivity index (χ3v) is 2.43. The first-order chi connectivity index (χ1) is 8.17. The van der Waals surface area contributed by atoms with Crippen LogP contribution in [-0.4, -0.2) is 28.8 Å². The second-order valence-corrected chi connectivity index (χ2v) is 3.73. The fourth-order valence-electron chi connectivity index (χ4n) is 1.31. The Kier molecular flexibility index (Phi) is 5.30. The van der Waals surface area contributed by atoms with Gasteiger partial charge >= 0.3 is 0 Å². The van der Waals surface area contributed by atoms with Gasteiger partial charge in [0.25, 0.3) is 5.24 Å². The summed E-state index contributed by atoms with van der Waals surface area (Å²) in [5, 5.41) is 8.14. The topological polar surface area (TPSA) is 66.2 Å². The number of pyridine rings is 1. The highest BCUT2D eigenvalue weighted by Crippen LogP contribution is 2.13. The fourth-order valence-corrected chi connectivity index (χ4v) is 1.48. The molecule has 90 valence electrons. The molecule has 17 heavy (non-hydrogen) atoms. The van der Waals surface area contributed by atoms with Crippen molar-refractivity contribution in [3.05, 3.63) is 24.0 Å². The van der Waals surface area contributed by atoms with E-state index in [0.29, 0.717) is 18.8 Å². The monoisotopic (exact) mass is 251 g/mol. The average Bonchev–Trinajstić information content (AvgIpc) is 2.34. The van der Waals surface area contributed by atoms with Gasteiger partial charge in [-0.3, -0.25) is 9.78 Å². The Morgan fingerprint density at radius 1 is 1.65 bits per heavy atom. The predicted molar refractivity (Wildman–Crippen MR) is 65.8 cm³/mol. The van der Waals surface area contributed by atoms with Gasteiger partial charge in [-0.25, -0.2) is 0 Å². The van der Waals surface area contributed by atoms with E-state index in [-0.39, 0.29) is 11.7 Å². The summed E-state index contributed by atoms with van der Waals surface area (Å²) in [4.78, 5) is 16.7. The normalized spacial score (nSPS) is 9.47. The first-order valence-corrected chi connectivity index (χ1v) is 5.45. The van der Waals surface area contributed by atoms with Crippen LogP contribution in [-0.2, 0) is 6.54 Å². The lowest BCUT2D eigenvalue weighted by molar-refractivity contribution is 0.222. The molecule has 0 unspecified atom stereocenters. The molecule has 0 aliphatic carbocycles. The predicted octanol–water partition coefficient (Wildman–Crippen LogP) is 1.86. The number of hydrogen-bond donors (Lipinski definition) is 1. The van der Waals surface area contributed by atoms with E-state index < -0.39 is 0 Å². The summed E-state index contributed by atoms with van der Waals surface area (Å²) < 4.78 is 5.04. The van der Waals surface area contributed by atoms with Crippen LogP contribution in [0, 0.1) is 11.3 Å². The Morgan fingerprint density at radius 2 is 2.41 bits per heavy atom. The number of amides is 1. The van der Waals surface area contributed by atoms with E-state index in [0.717, 1.165) is 5.56 Å². The van der Waals surface area contributed by atoms with Crippen molar-refractivity contribution in [1.82, 2.24) is 9.88 Å². The molecule has 0 aromatic carbocycles. The molecule has 1 amide bonds. The average molecular weight is 251 g/mol. The zero-order chi connectivity index (χ0) is 12.7. The Balaban J connectivity index is 2.71. The molecule has 1 aromatic rings. The molecule has 0 aliphatic rings. The lowest BCUT2D eigenvalue weighted by Gasteiger charge is -2.18. The zero-order valence-corrected chi connectivity index (χ0v) is 10.4. The van der Waals surface area contributed by atoms with Gasteiger partial charge in [0.2, 0.25) is 0 Å². The molecule has 1 heterocycles. The fraction of sp³-hybridized carbons (Fsp3) is 0.364. The molecular formula is C11H13N3O2S. The number of rotatable bonds is 5. The largest absolute Gasteiger partial charge is 0.495 e. The molecule has 1 aromatic heterocycles. The third-order valence-electron chi connectivity index (χ3n) is 2.14. The van der Waals surface area contributed by atoms with E-state index in [9.17, 15) is 4.79 Å². The number of carbonyl (C=O) groups is 1. The van der Waals surface area contributed by atoms with Gasteiger partial charge in [0, 0.05) is 19.3 Å². The van der Waals surface area contributed by atoms with Crippen molar-refractivity contribution < 1.29 is 9.53 Å². The quantitative estimate of drug-likeness (QED) is 0.811. The minimum Gasteiger partial charge on any atom is -0.495 e. The van der Waals surface area contributed by atoms with Crippen molar-refractivity contribution in [2.45, 2.75) is 13.0 Å². The van der Waals surface area contributed by atoms with E-state index in [2.05, 4.69) is 17.6 Å². The van der Waals surface area contributed by atoms with Gasteiger partial charge < -0.3 is 9.64 Å². The molecule has 0 saturated heterocycles. The van der Waals surface area contributed by atoms with Gasteiger partial charge in [0.05, 0.1) is 25.8 Å². The van der Waals surface area contributed by atoms with Crippen LogP contribution < -0.4 is 4.74 Å². The molecule has 0 saturated carbocycles. The molecule has 0 radical (unpaired) electrons. The molecule has 1 rings (SSSR count). The second-order valence-electron chi connectivity index (χ2n) is 3.35. The molecule has 0 atom stereocenters. The molecule has 0 spiro atoms. The second kappa shape index (κ2) is 6.76. The van der Waals surface area contributed by atoms with Crippen LogP contribution in [0.2, 0.25) is 0 Å². The van der Waals surface area contributed by atoms with Crippen LogP contribution >= 0.6 is 12.6 Å². The van der Waals surface area contributed by atoms with Gasteiger partial charge in [-0.2, -0.15) is 5.26 Å². The van der Waals surface area contributed by atoms with E-state index in [4.69, 9.17) is 10.00 Å². The van der Waals surface area contributed by atoms with Crippen LogP contribution in [0.1, 0.15) is 12.0 Å². The van der Waals surface area contributed by atoms with Gasteiger partial charge in [0.15, 0.2) is 0 Å². The highest BCUT2D eigenvalue weighted by atomic mass is 32.1. The first-order valence-electron chi connectivity index (χ1n) is 5.00. The summed E-state index contributed by atoms with van der Waals surface area (Å²) >= 11 is 3.77. The molecule has 6 heteroatoms. The Morgan fingerprint density at radius 3 is 3.00 bits per heavy atom. The van der Waals surface area contributed by atoms with Crippen molar-refractivity contribution >= 4 is 17.9 Å². The summed E-state index contributed by atoms with van der Waals surface area (Å²) in [5.74, 6) is 0.634. The minimum atomic E-state index is -0.358. The number of carbonyl (C=O) groups excluding carboxylic acids is 1. The highest BCUT2D eigenvalue weighted by Gasteiger charge is 2.10. The number of ether oxygens (including phenoxy) is 1. The maximum absolute atomic E-state index is 11.2. The number of aromatic nitrogens is 1. The van der Waals surface area contributed by atoms with Crippen molar-refractivity contribution in [2.75, 3.05) is 13.7 Å². The zero-order valence-electron chi connectivity index (χ0n) is 9.46. The van der Waals surface area contributed by atoms with Crippen LogP contribution in [0.15, 0.2) is 18.5 Å². The maximum atomic E-state index is 11.2. The van der Waals surface area contributed by atoms with Gasteiger partial charge in [-0.1, -0.05) is 12.6 Å². The van der Waals surface area contributed by atoms with E-state index in [1.54, 1.807) is 25.6 Å². The van der Waals surface area contributed by atoms with Crippen LogP contribution in [0.25, 0.3) is 0 Å². The summed E-state index contributed by atoms with van der Waals surface area (Å²) in [6.07, 6.45) is 3.52. The molecule has 0 aliphatic heterocycles. The molecule has 0 fully saturated rings. The number of thiol groups is 1. The molecule has 5 nitrogen and oxygen atoms in total. The Bertz CT molecular complexity index is 431. The minimum absolute atomic E-state index is 0.281. The Hall–Kier alpha value is -1.74. The van der Waals surface area contributed by atoms with Gasteiger partial charge in [0.1, 0.15) is 5.75 Å². The Labute approximate surface area is 105 Å². The van der Waals surface area contributed by atoms with Crippen LogP contribution in [0.4, 0.5) is 4.79 Å². The lowest BCUT2D eigenvalue weighted by Crippen LogP contribution is -2.26. The van der Waals surface area contributed by atoms with Crippen LogP contribution in [0.3, 0.4) is 0 Å². The van der Waals surface area contributed by atoms with E-state index in [1.807, 2.05) is 6.07 Å². The van der Waals surface area contributed by atoms with E-state index in [1.165, 1.54) is 4.90 Å². The smallest absolute Gasteiger partial charge is 0.278 e. The van der Waals surface area contributed by atoms with Gasteiger partial charge in [-0.15, -0.1) is 0 Å². The van der Waals surface area contributed by atoms with Crippen molar-refractivity contribution in [2.24, 2.45) is 0 Å². The number of hydrogen-bond acceptors (Lipinski definition) is 4. The van der Waals surface area contributed by atoms with Crippen LogP contribution in [0.5, 0.6) is 5.75 Å².